The monoisotopic (exact) mass is 365 g/mol. The Labute approximate surface area is 162 Å². The normalized spacial score (nSPS) is 11.0. The third-order valence-electron chi connectivity index (χ3n) is 4.97. The number of hydrogen-bond donors (Lipinski definition) is 2. The molecule has 0 aliphatic carbocycles. The van der Waals surface area contributed by atoms with Crippen molar-refractivity contribution in [3.63, 3.8) is 0 Å². The molecule has 136 valence electrons. The minimum Gasteiger partial charge on any atom is -0.497 e. The van der Waals surface area contributed by atoms with Crippen molar-refractivity contribution in [1.29, 1.82) is 0 Å². The number of benzene rings is 3. The summed E-state index contributed by atoms with van der Waals surface area (Å²) in [6.07, 6.45) is 2.01. The molecule has 0 atom stereocenters. The van der Waals surface area contributed by atoms with Crippen molar-refractivity contribution in [2.24, 2.45) is 0 Å². The maximum absolute atomic E-state index is 5.30. The third kappa shape index (κ3) is 2.76. The molecule has 0 aliphatic rings. The Morgan fingerprint density at radius 1 is 0.786 bits per heavy atom. The molecule has 0 amide bonds. The van der Waals surface area contributed by atoms with Crippen LogP contribution in [0.4, 0.5) is 0 Å². The fraction of sp³-hybridized carbons (Fsp3) is 0.0417. The van der Waals surface area contributed by atoms with Crippen molar-refractivity contribution >= 4 is 10.9 Å². The maximum Gasteiger partial charge on any atom is 0.140 e. The van der Waals surface area contributed by atoms with Crippen LogP contribution < -0.4 is 4.74 Å². The van der Waals surface area contributed by atoms with E-state index < -0.39 is 0 Å². The molecule has 4 nitrogen and oxygen atoms in total. The number of nitrogens with one attached hydrogen (secondary N) is 2. The Morgan fingerprint density at radius 3 is 2.32 bits per heavy atom. The van der Waals surface area contributed by atoms with Crippen molar-refractivity contribution in [3.8, 4) is 39.7 Å². The number of aromatic amines is 2. The van der Waals surface area contributed by atoms with Gasteiger partial charge in [-0.25, -0.2) is 4.98 Å². The second kappa shape index (κ2) is 6.74. The van der Waals surface area contributed by atoms with Crippen LogP contribution in [-0.4, -0.2) is 22.1 Å². The maximum atomic E-state index is 5.30. The number of ether oxygens (including phenoxy) is 1. The number of hydrogen-bond acceptors (Lipinski definition) is 2. The summed E-state index contributed by atoms with van der Waals surface area (Å²) in [5, 5.41) is 1.15. The summed E-state index contributed by atoms with van der Waals surface area (Å²) in [4.78, 5) is 11.9. The molecule has 5 rings (SSSR count). The molecule has 0 fully saturated rings. The van der Waals surface area contributed by atoms with E-state index in [1.165, 1.54) is 0 Å². The summed E-state index contributed by atoms with van der Waals surface area (Å²) >= 11 is 0. The van der Waals surface area contributed by atoms with Crippen molar-refractivity contribution in [2.75, 3.05) is 7.11 Å². The first-order valence-corrected chi connectivity index (χ1v) is 9.20. The molecule has 3 aromatic carbocycles. The fourth-order valence-electron chi connectivity index (χ4n) is 3.54. The first kappa shape index (κ1) is 16.4. The Morgan fingerprint density at radius 2 is 1.54 bits per heavy atom. The van der Waals surface area contributed by atoms with Gasteiger partial charge in [0, 0.05) is 33.8 Å². The van der Waals surface area contributed by atoms with E-state index >= 15 is 0 Å². The lowest BCUT2D eigenvalue weighted by atomic mass is 10.1. The van der Waals surface area contributed by atoms with Crippen LogP contribution >= 0.6 is 0 Å². The quantitative estimate of drug-likeness (QED) is 0.416. The predicted octanol–water partition coefficient (Wildman–Crippen LogP) is 5.90. The molecule has 28 heavy (non-hydrogen) atoms. The first-order chi connectivity index (χ1) is 13.8. The van der Waals surface area contributed by atoms with Crippen molar-refractivity contribution in [2.45, 2.75) is 0 Å². The van der Waals surface area contributed by atoms with Gasteiger partial charge in [0.1, 0.15) is 11.6 Å². The zero-order valence-corrected chi connectivity index (χ0v) is 15.4. The van der Waals surface area contributed by atoms with E-state index in [2.05, 4.69) is 46.4 Å². The molecule has 0 saturated heterocycles. The average molecular weight is 365 g/mol. The van der Waals surface area contributed by atoms with Crippen LogP contribution in [0.3, 0.4) is 0 Å². The minimum atomic E-state index is 0.835. The highest BCUT2D eigenvalue weighted by molar-refractivity contribution is 5.95. The molecule has 5 aromatic rings. The Bertz CT molecular complexity index is 1230. The van der Waals surface area contributed by atoms with Crippen LogP contribution in [0, 0.1) is 0 Å². The Balaban J connectivity index is 1.71. The van der Waals surface area contributed by atoms with Crippen LogP contribution in [0.15, 0.2) is 85.1 Å². The molecule has 2 N–H and O–H groups in total. The van der Waals surface area contributed by atoms with Gasteiger partial charge in [-0.05, 0) is 30.3 Å². The molecule has 0 aliphatic heterocycles. The topological polar surface area (TPSA) is 53.7 Å². The molecule has 2 heterocycles. The lowest BCUT2D eigenvalue weighted by Crippen LogP contribution is -1.85. The fourth-order valence-corrected chi connectivity index (χ4v) is 3.54. The molecular weight excluding hydrogens is 346 g/mol. The van der Waals surface area contributed by atoms with E-state index in [9.17, 15) is 0 Å². The van der Waals surface area contributed by atoms with E-state index in [0.717, 1.165) is 50.6 Å². The van der Waals surface area contributed by atoms with Gasteiger partial charge in [0.15, 0.2) is 0 Å². The summed E-state index contributed by atoms with van der Waals surface area (Å²) in [5.41, 5.74) is 6.24. The summed E-state index contributed by atoms with van der Waals surface area (Å²) in [6.45, 7) is 0. The number of rotatable bonds is 4. The Kier molecular flexibility index (Phi) is 3.95. The molecule has 0 unspecified atom stereocenters. The van der Waals surface area contributed by atoms with Crippen LogP contribution in [0.5, 0.6) is 5.75 Å². The van der Waals surface area contributed by atoms with Crippen LogP contribution in [0.1, 0.15) is 0 Å². The van der Waals surface area contributed by atoms with Crippen molar-refractivity contribution in [1.82, 2.24) is 15.0 Å². The second-order valence-electron chi connectivity index (χ2n) is 6.65. The van der Waals surface area contributed by atoms with Crippen LogP contribution in [0.2, 0.25) is 0 Å². The van der Waals surface area contributed by atoms with Gasteiger partial charge >= 0.3 is 0 Å². The van der Waals surface area contributed by atoms with Gasteiger partial charge in [-0.1, -0.05) is 48.5 Å². The van der Waals surface area contributed by atoms with Crippen LogP contribution in [-0.2, 0) is 0 Å². The van der Waals surface area contributed by atoms with Gasteiger partial charge in [-0.3, -0.25) is 0 Å². The van der Waals surface area contributed by atoms with Gasteiger partial charge in [-0.15, -0.1) is 0 Å². The highest BCUT2D eigenvalue weighted by Gasteiger charge is 2.17. The number of H-pyrrole nitrogens is 2. The molecule has 0 bridgehead atoms. The number of aromatic nitrogens is 3. The smallest absolute Gasteiger partial charge is 0.140 e. The molecule has 0 saturated carbocycles. The molecule has 0 spiro atoms. The van der Waals surface area contributed by atoms with E-state index in [4.69, 9.17) is 9.72 Å². The zero-order valence-electron chi connectivity index (χ0n) is 15.4. The number of para-hydroxylation sites is 1. The summed E-state index contributed by atoms with van der Waals surface area (Å²) in [6, 6.07) is 26.6. The minimum absolute atomic E-state index is 0.835. The van der Waals surface area contributed by atoms with E-state index in [1.54, 1.807) is 7.11 Å². The van der Waals surface area contributed by atoms with Crippen molar-refractivity contribution < 1.29 is 4.74 Å². The van der Waals surface area contributed by atoms with Crippen molar-refractivity contribution in [3.05, 3.63) is 85.1 Å². The van der Waals surface area contributed by atoms with Gasteiger partial charge < -0.3 is 14.7 Å². The summed E-state index contributed by atoms with van der Waals surface area (Å²) < 4.78 is 5.30. The lowest BCUT2D eigenvalue weighted by molar-refractivity contribution is 0.415. The second-order valence-corrected chi connectivity index (χ2v) is 6.65. The molecule has 0 radical (unpaired) electrons. The molecule has 4 heteroatoms. The van der Waals surface area contributed by atoms with E-state index in [-0.39, 0.29) is 0 Å². The van der Waals surface area contributed by atoms with Gasteiger partial charge in [-0.2, -0.15) is 0 Å². The standard InChI is InChI=1S/C24H19N3O/c1-28-18-13-11-17(12-14-18)23-22(16-7-3-2-4-8-16)26-24(27-23)20-15-25-21-10-6-5-9-19(20)21/h2-15,25H,1H3,(H,26,27). The number of nitrogens with zero attached hydrogens (tertiary/aromatic N) is 1. The number of fused-ring (bicyclic) bond motifs is 1. The highest BCUT2D eigenvalue weighted by Crippen LogP contribution is 2.35. The SMILES string of the molecule is COc1ccc(-c2[nH]c(-c3c[nH]c4ccccc34)nc2-c2ccccc2)cc1. The number of imidazole rings is 1. The molecule has 2 aromatic heterocycles. The highest BCUT2D eigenvalue weighted by atomic mass is 16.5. The lowest BCUT2D eigenvalue weighted by Gasteiger charge is -2.04. The predicted molar refractivity (Wildman–Crippen MR) is 113 cm³/mol. The largest absolute Gasteiger partial charge is 0.497 e. The average Bonchev–Trinajstić information content (AvgIpc) is 3.39. The third-order valence-corrected chi connectivity index (χ3v) is 4.97. The Hall–Kier alpha value is -3.79. The number of methoxy groups -OCH3 is 1. The van der Waals surface area contributed by atoms with Gasteiger partial charge in [0.05, 0.1) is 18.5 Å². The van der Waals surface area contributed by atoms with Gasteiger partial charge in [0.2, 0.25) is 0 Å². The first-order valence-electron chi connectivity index (χ1n) is 9.20. The van der Waals surface area contributed by atoms with E-state index in [0.29, 0.717) is 0 Å². The van der Waals surface area contributed by atoms with Gasteiger partial charge in [0.25, 0.3) is 0 Å². The molecular formula is C24H19N3O. The van der Waals surface area contributed by atoms with E-state index in [1.807, 2.05) is 48.7 Å². The zero-order chi connectivity index (χ0) is 18.9. The summed E-state index contributed by atoms with van der Waals surface area (Å²) in [5.74, 6) is 1.68. The van der Waals surface area contributed by atoms with Crippen LogP contribution in [0.25, 0.3) is 44.8 Å². The summed E-state index contributed by atoms with van der Waals surface area (Å²) in [7, 11) is 1.68.